The highest BCUT2D eigenvalue weighted by Gasteiger charge is 2.33. The second kappa shape index (κ2) is 10.9. The first-order chi connectivity index (χ1) is 17.4. The van der Waals surface area contributed by atoms with Crippen molar-refractivity contribution in [2.24, 2.45) is 0 Å². The van der Waals surface area contributed by atoms with Crippen LogP contribution in [0.3, 0.4) is 0 Å². The summed E-state index contributed by atoms with van der Waals surface area (Å²) in [6.45, 7) is 2.16. The summed E-state index contributed by atoms with van der Waals surface area (Å²) in [5.74, 6) is -0.141. The van der Waals surface area contributed by atoms with Crippen LogP contribution in [0.5, 0.6) is 0 Å². The third-order valence-corrected chi connectivity index (χ3v) is 9.87. The number of amides is 1. The summed E-state index contributed by atoms with van der Waals surface area (Å²) >= 11 is 0. The number of fused-ring (bicyclic) bond motifs is 1. The van der Waals surface area contributed by atoms with Crippen molar-refractivity contribution in [3.05, 3.63) is 97.1 Å². The van der Waals surface area contributed by atoms with Crippen molar-refractivity contribution in [1.29, 1.82) is 0 Å². The van der Waals surface area contributed by atoms with E-state index in [1.54, 1.807) is 11.0 Å². The van der Waals surface area contributed by atoms with E-state index in [9.17, 15) is 13.6 Å². The monoisotopic (exact) mass is 506 g/mol. The molecular formula is C25H24F2N6O2Si. The minimum absolute atomic E-state index is 0.264. The number of methoxy groups -OCH3 is 1. The van der Waals surface area contributed by atoms with E-state index in [2.05, 4.69) is 36.7 Å². The summed E-state index contributed by atoms with van der Waals surface area (Å²) in [6, 6.07) is 20.6. The van der Waals surface area contributed by atoms with Crippen LogP contribution in [0.25, 0.3) is 11.0 Å². The Morgan fingerprint density at radius 1 is 1.00 bits per heavy atom. The van der Waals surface area contributed by atoms with Crippen LogP contribution in [0.1, 0.15) is 0 Å². The van der Waals surface area contributed by atoms with Crippen LogP contribution < -0.4 is 15.7 Å². The molecule has 184 valence electrons. The van der Waals surface area contributed by atoms with E-state index in [1.165, 1.54) is 37.7 Å². The van der Waals surface area contributed by atoms with Gasteiger partial charge in [0.25, 0.3) is 0 Å². The van der Waals surface area contributed by atoms with E-state index in [4.69, 9.17) is 0 Å². The predicted octanol–water partition coefficient (Wildman–Crippen LogP) is 3.73. The van der Waals surface area contributed by atoms with Gasteiger partial charge in [-0.05, 0) is 36.4 Å². The molecule has 2 heterocycles. The molecule has 1 amide bonds. The van der Waals surface area contributed by atoms with Gasteiger partial charge in [-0.25, -0.2) is 23.5 Å². The number of imidazole rings is 1. The van der Waals surface area contributed by atoms with E-state index in [-0.39, 0.29) is 11.6 Å². The average Bonchev–Trinajstić information content (AvgIpc) is 3.54. The van der Waals surface area contributed by atoms with E-state index in [0.29, 0.717) is 12.1 Å². The number of carbonyl (C=O) groups excluding carboxylic acids is 1. The molecule has 3 aromatic carbocycles. The molecule has 2 aromatic heterocycles. The molecule has 0 saturated carbocycles. The molecule has 5 rings (SSSR count). The standard InChI is InChI=1S/C16H15F2N3Si.C9H9N3O2/c1-22(12-21-11-19-10-20-21,15-6-2-13(17)3-7-15)16-8-4-14(18)5-9-16;1-14-9(13)12-8-10-6-4-2-3-5-7(6)11-8/h2-11H,12H2,1H3;2-5H,1H3,(H2,10,11,12,13). The molecule has 0 saturated heterocycles. The number of nitrogens with zero attached hydrogens (tertiary/aromatic N) is 4. The van der Waals surface area contributed by atoms with E-state index < -0.39 is 14.2 Å². The number of H-pyrrole nitrogens is 1. The fraction of sp³-hybridized carbons (Fsp3) is 0.120. The Kier molecular flexibility index (Phi) is 7.49. The highest BCUT2D eigenvalue weighted by molar-refractivity contribution is 7.00. The predicted molar refractivity (Wildman–Crippen MR) is 136 cm³/mol. The van der Waals surface area contributed by atoms with Crippen LogP contribution in [0.2, 0.25) is 6.55 Å². The van der Waals surface area contributed by atoms with Gasteiger partial charge in [0, 0.05) is 6.17 Å². The van der Waals surface area contributed by atoms with Gasteiger partial charge in [-0.15, -0.1) is 0 Å². The van der Waals surface area contributed by atoms with Crippen molar-refractivity contribution in [3.63, 3.8) is 0 Å². The Hall–Kier alpha value is -4.38. The Morgan fingerprint density at radius 2 is 1.61 bits per heavy atom. The summed E-state index contributed by atoms with van der Waals surface area (Å²) in [5, 5.41) is 8.76. The van der Waals surface area contributed by atoms with Gasteiger partial charge in [-0.2, -0.15) is 5.10 Å². The minimum Gasteiger partial charge on any atom is -0.453 e. The lowest BCUT2D eigenvalue weighted by molar-refractivity contribution is 0.186. The molecule has 0 aliphatic heterocycles. The third-order valence-electron chi connectivity index (χ3n) is 5.70. The molecule has 0 bridgehead atoms. The van der Waals surface area contributed by atoms with E-state index >= 15 is 0 Å². The van der Waals surface area contributed by atoms with Crippen LogP contribution in [-0.4, -0.2) is 46.0 Å². The van der Waals surface area contributed by atoms with Crippen molar-refractivity contribution in [2.75, 3.05) is 12.4 Å². The summed E-state index contributed by atoms with van der Waals surface area (Å²) in [6.07, 6.45) is 3.27. The molecular weight excluding hydrogens is 482 g/mol. The number of nitrogens with one attached hydrogen (secondary N) is 2. The van der Waals surface area contributed by atoms with Crippen molar-refractivity contribution in [2.45, 2.75) is 12.7 Å². The number of ether oxygens (including phenoxy) is 1. The van der Waals surface area contributed by atoms with Gasteiger partial charge in [-0.3, -0.25) is 10.00 Å². The first-order valence-electron chi connectivity index (χ1n) is 11.0. The molecule has 0 radical (unpaired) electrons. The zero-order chi connectivity index (χ0) is 25.5. The van der Waals surface area contributed by atoms with Crippen LogP contribution in [0.15, 0.2) is 85.5 Å². The fourth-order valence-electron chi connectivity index (χ4n) is 3.78. The molecule has 0 fully saturated rings. The largest absolute Gasteiger partial charge is 0.453 e. The van der Waals surface area contributed by atoms with Gasteiger partial charge in [0.1, 0.15) is 32.4 Å². The van der Waals surface area contributed by atoms with Gasteiger partial charge in [-0.1, -0.05) is 53.3 Å². The molecule has 8 nitrogen and oxygen atoms in total. The number of aromatic nitrogens is 5. The lowest BCUT2D eigenvalue weighted by Crippen LogP contribution is -2.59. The molecule has 0 aliphatic rings. The Labute approximate surface area is 207 Å². The Morgan fingerprint density at radius 3 is 2.14 bits per heavy atom. The molecule has 0 spiro atoms. The van der Waals surface area contributed by atoms with Gasteiger partial charge in [0.15, 0.2) is 0 Å². The molecule has 11 heteroatoms. The smallest absolute Gasteiger partial charge is 0.413 e. The Bertz CT molecular complexity index is 1350. The van der Waals surface area contributed by atoms with Gasteiger partial charge >= 0.3 is 6.09 Å². The normalized spacial score (nSPS) is 11.0. The topological polar surface area (TPSA) is 97.7 Å². The van der Waals surface area contributed by atoms with Crippen molar-refractivity contribution >= 4 is 41.5 Å². The summed E-state index contributed by atoms with van der Waals surface area (Å²) < 4.78 is 32.7. The number of para-hydroxylation sites is 2. The van der Waals surface area contributed by atoms with Crippen LogP contribution in [-0.2, 0) is 10.9 Å². The summed E-state index contributed by atoms with van der Waals surface area (Å²) in [4.78, 5) is 21.9. The first-order valence-corrected chi connectivity index (χ1v) is 13.7. The summed E-state index contributed by atoms with van der Waals surface area (Å²) in [7, 11) is -0.921. The lowest BCUT2D eigenvalue weighted by atomic mass is 10.3. The highest BCUT2D eigenvalue weighted by atomic mass is 28.3. The number of carbonyl (C=O) groups is 1. The van der Waals surface area contributed by atoms with Gasteiger partial charge in [0.05, 0.1) is 18.1 Å². The van der Waals surface area contributed by atoms with Crippen molar-refractivity contribution in [1.82, 2.24) is 24.7 Å². The van der Waals surface area contributed by atoms with Gasteiger partial charge < -0.3 is 9.72 Å². The maximum absolute atomic E-state index is 13.2. The van der Waals surface area contributed by atoms with Crippen LogP contribution in [0, 0.1) is 11.6 Å². The molecule has 5 aromatic rings. The molecule has 0 unspecified atom stereocenters. The molecule has 0 aliphatic carbocycles. The van der Waals surface area contributed by atoms with E-state index in [1.807, 2.05) is 48.5 Å². The van der Waals surface area contributed by atoms with Crippen molar-refractivity contribution < 1.29 is 18.3 Å². The second-order valence-electron chi connectivity index (χ2n) is 8.16. The maximum Gasteiger partial charge on any atom is 0.413 e. The number of rotatable bonds is 5. The van der Waals surface area contributed by atoms with E-state index in [0.717, 1.165) is 21.4 Å². The zero-order valence-electron chi connectivity index (χ0n) is 19.7. The number of halogens is 2. The minimum atomic E-state index is -2.22. The third kappa shape index (κ3) is 5.81. The number of anilines is 1. The zero-order valence-corrected chi connectivity index (χ0v) is 20.7. The molecule has 36 heavy (non-hydrogen) atoms. The van der Waals surface area contributed by atoms with Crippen LogP contribution in [0.4, 0.5) is 19.5 Å². The quantitative estimate of drug-likeness (QED) is 0.354. The molecule has 2 N–H and O–H groups in total. The number of aromatic amines is 1. The van der Waals surface area contributed by atoms with Crippen molar-refractivity contribution in [3.8, 4) is 0 Å². The SMILES string of the molecule is COC(=O)Nc1nc2ccccc2[nH]1.C[Si](Cn1cncn1)(c1ccc(F)cc1)c1ccc(F)cc1. The summed E-state index contributed by atoms with van der Waals surface area (Å²) in [5.41, 5.74) is 1.68. The maximum atomic E-state index is 13.2. The number of hydrogen-bond acceptors (Lipinski definition) is 5. The number of hydrogen-bond donors (Lipinski definition) is 2. The number of benzene rings is 3. The van der Waals surface area contributed by atoms with Gasteiger partial charge in [0.2, 0.25) is 5.95 Å². The fourth-order valence-corrected chi connectivity index (χ4v) is 7.10. The first kappa shape index (κ1) is 24.7. The van der Waals surface area contributed by atoms with Crippen LogP contribution >= 0.6 is 0 Å². The average molecular weight is 507 g/mol. The second-order valence-corrected chi connectivity index (χ2v) is 12.3. The highest BCUT2D eigenvalue weighted by Crippen LogP contribution is 2.13. The lowest BCUT2D eigenvalue weighted by Gasteiger charge is -2.28. The molecule has 0 atom stereocenters. The Balaban J connectivity index is 0.000000187.